The molecule has 0 saturated heterocycles. The maximum Gasteiger partial charge on any atom is 0.226 e. The first-order valence-corrected chi connectivity index (χ1v) is 9.05. The van der Waals surface area contributed by atoms with Crippen molar-refractivity contribution in [2.75, 3.05) is 13.7 Å². The van der Waals surface area contributed by atoms with Crippen molar-refractivity contribution >= 4 is 5.78 Å². The Morgan fingerprint density at radius 1 is 1.11 bits per heavy atom. The van der Waals surface area contributed by atoms with Crippen molar-refractivity contribution in [2.24, 2.45) is 0 Å². The van der Waals surface area contributed by atoms with Gasteiger partial charge in [-0.3, -0.25) is 4.79 Å². The van der Waals surface area contributed by atoms with Crippen LogP contribution in [-0.2, 0) is 6.42 Å². The Labute approximate surface area is 159 Å². The summed E-state index contributed by atoms with van der Waals surface area (Å²) >= 11 is 0. The van der Waals surface area contributed by atoms with E-state index in [2.05, 4.69) is 4.98 Å². The van der Waals surface area contributed by atoms with Crippen molar-refractivity contribution in [3.8, 4) is 23.0 Å². The number of carbonyl (C=O) groups excluding carboxylic acids is 1. The third-order valence-corrected chi connectivity index (χ3v) is 4.15. The molecule has 0 aliphatic rings. The van der Waals surface area contributed by atoms with E-state index in [4.69, 9.17) is 13.9 Å². The molecule has 0 amide bonds. The minimum absolute atomic E-state index is 0.0377. The van der Waals surface area contributed by atoms with Gasteiger partial charge in [0.1, 0.15) is 17.8 Å². The lowest BCUT2D eigenvalue weighted by Crippen LogP contribution is -2.06. The molecule has 3 rings (SSSR count). The van der Waals surface area contributed by atoms with Gasteiger partial charge in [-0.15, -0.1) is 0 Å². The summed E-state index contributed by atoms with van der Waals surface area (Å²) in [5, 5.41) is 0. The Morgan fingerprint density at radius 2 is 1.89 bits per heavy atom. The molecule has 0 bridgehead atoms. The minimum atomic E-state index is 0.0377. The maximum absolute atomic E-state index is 12.6. The molecule has 0 atom stereocenters. The van der Waals surface area contributed by atoms with Crippen LogP contribution in [0.1, 0.15) is 35.8 Å². The van der Waals surface area contributed by atoms with Crippen LogP contribution in [0.15, 0.2) is 59.2 Å². The van der Waals surface area contributed by atoms with E-state index in [9.17, 15) is 4.79 Å². The van der Waals surface area contributed by atoms with E-state index >= 15 is 0 Å². The highest BCUT2D eigenvalue weighted by Gasteiger charge is 2.14. The second kappa shape index (κ2) is 9.03. The SMILES string of the molecule is CCCOc1ccccc1C(=O)CCc1coc(-c2ccc(OC)cc2)n1. The van der Waals surface area contributed by atoms with E-state index in [1.54, 1.807) is 19.4 Å². The molecule has 0 radical (unpaired) electrons. The lowest BCUT2D eigenvalue weighted by Gasteiger charge is -2.09. The predicted molar refractivity (Wildman–Crippen MR) is 103 cm³/mol. The molecule has 27 heavy (non-hydrogen) atoms. The van der Waals surface area contributed by atoms with Crippen LogP contribution in [0.2, 0.25) is 0 Å². The lowest BCUT2D eigenvalue weighted by molar-refractivity contribution is 0.0978. The van der Waals surface area contributed by atoms with Crippen LogP contribution >= 0.6 is 0 Å². The van der Waals surface area contributed by atoms with Crippen LogP contribution in [0.3, 0.4) is 0 Å². The van der Waals surface area contributed by atoms with Crippen LogP contribution in [-0.4, -0.2) is 24.5 Å². The zero-order valence-electron chi connectivity index (χ0n) is 15.6. The summed E-state index contributed by atoms with van der Waals surface area (Å²) in [5.41, 5.74) is 2.23. The first kappa shape index (κ1) is 18.7. The predicted octanol–water partition coefficient (Wildman–Crippen LogP) is 4.95. The number of oxazole rings is 1. The molecule has 0 unspecified atom stereocenters. The van der Waals surface area contributed by atoms with E-state index in [0.29, 0.717) is 36.7 Å². The molecule has 0 N–H and O–H groups in total. The van der Waals surface area contributed by atoms with Gasteiger partial charge in [0, 0.05) is 18.4 Å². The molecule has 0 saturated carbocycles. The Balaban J connectivity index is 1.64. The first-order valence-electron chi connectivity index (χ1n) is 9.05. The van der Waals surface area contributed by atoms with Crippen LogP contribution in [0.5, 0.6) is 11.5 Å². The molecule has 5 nitrogen and oxygen atoms in total. The first-order chi connectivity index (χ1) is 13.2. The van der Waals surface area contributed by atoms with E-state index in [-0.39, 0.29) is 5.78 Å². The van der Waals surface area contributed by atoms with Gasteiger partial charge in [-0.1, -0.05) is 19.1 Å². The number of Topliss-reactive ketones (excluding diaryl/α,β-unsaturated/α-hetero) is 1. The van der Waals surface area contributed by atoms with Gasteiger partial charge in [-0.2, -0.15) is 0 Å². The number of hydrogen-bond donors (Lipinski definition) is 0. The summed E-state index contributed by atoms with van der Waals surface area (Å²) < 4.78 is 16.4. The molecular formula is C22H23NO4. The van der Waals surface area contributed by atoms with Crippen LogP contribution in [0, 0.1) is 0 Å². The Bertz CT molecular complexity index is 883. The average molecular weight is 365 g/mol. The third kappa shape index (κ3) is 4.76. The topological polar surface area (TPSA) is 61.6 Å². The molecular weight excluding hydrogens is 342 g/mol. The second-order valence-electron chi connectivity index (χ2n) is 6.14. The molecule has 3 aromatic rings. The number of benzene rings is 2. The second-order valence-corrected chi connectivity index (χ2v) is 6.14. The van der Waals surface area contributed by atoms with Crippen LogP contribution in [0.4, 0.5) is 0 Å². The monoisotopic (exact) mass is 365 g/mol. The number of aryl methyl sites for hydroxylation is 1. The van der Waals surface area contributed by atoms with Gasteiger partial charge >= 0.3 is 0 Å². The summed E-state index contributed by atoms with van der Waals surface area (Å²) in [5.74, 6) is 1.99. The maximum atomic E-state index is 12.6. The van der Waals surface area contributed by atoms with Gasteiger partial charge in [0.05, 0.1) is 25.0 Å². The Hall–Kier alpha value is -3.08. The van der Waals surface area contributed by atoms with Gasteiger partial charge in [-0.05, 0) is 42.8 Å². The fourth-order valence-electron chi connectivity index (χ4n) is 2.70. The van der Waals surface area contributed by atoms with Crippen molar-refractivity contribution in [2.45, 2.75) is 26.2 Å². The molecule has 0 aliphatic heterocycles. The number of nitrogens with zero attached hydrogens (tertiary/aromatic N) is 1. The van der Waals surface area contributed by atoms with Crippen molar-refractivity contribution in [3.63, 3.8) is 0 Å². The highest BCUT2D eigenvalue weighted by atomic mass is 16.5. The molecule has 140 valence electrons. The summed E-state index contributed by atoms with van der Waals surface area (Å²) in [7, 11) is 1.63. The van der Waals surface area contributed by atoms with Gasteiger partial charge in [0.15, 0.2) is 5.78 Å². The summed E-state index contributed by atoms with van der Waals surface area (Å²) in [6.07, 6.45) is 3.36. The average Bonchev–Trinajstić information content (AvgIpc) is 3.20. The number of para-hydroxylation sites is 1. The van der Waals surface area contributed by atoms with Gasteiger partial charge < -0.3 is 13.9 Å². The van der Waals surface area contributed by atoms with Crippen molar-refractivity contribution in [1.82, 2.24) is 4.98 Å². The molecule has 2 aromatic carbocycles. The minimum Gasteiger partial charge on any atom is -0.497 e. The van der Waals surface area contributed by atoms with Crippen LogP contribution in [0.25, 0.3) is 11.5 Å². The molecule has 0 fully saturated rings. The number of ether oxygens (including phenoxy) is 2. The number of hydrogen-bond acceptors (Lipinski definition) is 5. The molecule has 0 aliphatic carbocycles. The highest BCUT2D eigenvalue weighted by Crippen LogP contribution is 2.23. The van der Waals surface area contributed by atoms with E-state index < -0.39 is 0 Å². The van der Waals surface area contributed by atoms with E-state index in [0.717, 1.165) is 23.4 Å². The number of ketones is 1. The van der Waals surface area contributed by atoms with Crippen LogP contribution < -0.4 is 9.47 Å². The van der Waals surface area contributed by atoms with E-state index in [1.165, 1.54) is 0 Å². The largest absolute Gasteiger partial charge is 0.497 e. The number of rotatable bonds is 9. The quantitative estimate of drug-likeness (QED) is 0.502. The number of methoxy groups -OCH3 is 1. The summed E-state index contributed by atoms with van der Waals surface area (Å²) in [4.78, 5) is 17.1. The molecule has 1 heterocycles. The summed E-state index contributed by atoms with van der Waals surface area (Å²) in [6, 6.07) is 14.9. The lowest BCUT2D eigenvalue weighted by atomic mass is 10.0. The molecule has 1 aromatic heterocycles. The molecule has 5 heteroatoms. The Morgan fingerprint density at radius 3 is 2.63 bits per heavy atom. The number of aromatic nitrogens is 1. The smallest absolute Gasteiger partial charge is 0.226 e. The normalized spacial score (nSPS) is 10.6. The fraction of sp³-hybridized carbons (Fsp3) is 0.273. The van der Waals surface area contributed by atoms with Gasteiger partial charge in [0.2, 0.25) is 5.89 Å². The third-order valence-electron chi connectivity index (χ3n) is 4.15. The van der Waals surface area contributed by atoms with Gasteiger partial charge in [-0.25, -0.2) is 4.98 Å². The van der Waals surface area contributed by atoms with E-state index in [1.807, 2.05) is 49.4 Å². The fourth-order valence-corrected chi connectivity index (χ4v) is 2.70. The standard InChI is InChI=1S/C22H23NO4/c1-3-14-26-21-7-5-4-6-19(21)20(24)13-10-17-15-27-22(23-17)16-8-11-18(25-2)12-9-16/h4-9,11-12,15H,3,10,13-14H2,1-2H3. The molecule has 0 spiro atoms. The van der Waals surface area contributed by atoms with Gasteiger partial charge in [0.25, 0.3) is 0 Å². The zero-order chi connectivity index (χ0) is 19.1. The summed E-state index contributed by atoms with van der Waals surface area (Å²) in [6.45, 7) is 2.63. The van der Waals surface area contributed by atoms with Crippen molar-refractivity contribution in [1.29, 1.82) is 0 Å². The van der Waals surface area contributed by atoms with Crippen molar-refractivity contribution in [3.05, 3.63) is 66.1 Å². The highest BCUT2D eigenvalue weighted by molar-refractivity contribution is 5.98. The number of carbonyl (C=O) groups is 1. The Kier molecular flexibility index (Phi) is 6.26. The van der Waals surface area contributed by atoms with Crippen molar-refractivity contribution < 1.29 is 18.7 Å². The zero-order valence-corrected chi connectivity index (χ0v) is 15.6.